The van der Waals surface area contributed by atoms with E-state index in [1.807, 2.05) is 0 Å². The van der Waals surface area contributed by atoms with Gasteiger partial charge in [0.15, 0.2) is 9.84 Å². The first-order valence-corrected chi connectivity index (χ1v) is 8.72. The number of cyclic esters (lactones) is 1. The van der Waals surface area contributed by atoms with Crippen LogP contribution in [0.3, 0.4) is 0 Å². The Balaban J connectivity index is 1.98. The van der Waals surface area contributed by atoms with Gasteiger partial charge in [0.05, 0.1) is 11.2 Å². The molecule has 0 amide bonds. The van der Waals surface area contributed by atoms with Crippen molar-refractivity contribution < 1.29 is 22.3 Å². The molecule has 1 unspecified atom stereocenters. The Labute approximate surface area is 133 Å². The molecule has 2 aromatic carbocycles. The lowest BCUT2D eigenvalue weighted by molar-refractivity contribution is -0.136. The molecule has 1 aliphatic heterocycles. The molecule has 0 radical (unpaired) electrons. The van der Waals surface area contributed by atoms with Gasteiger partial charge in [-0.05, 0) is 35.4 Å². The largest absolute Gasteiger partial charge is 0.433 e. The van der Waals surface area contributed by atoms with E-state index in [0.717, 1.165) is 6.26 Å². The van der Waals surface area contributed by atoms with Gasteiger partial charge in [0.2, 0.25) is 0 Å². The number of carbonyl (C=O) groups excluding carboxylic acids is 1. The van der Waals surface area contributed by atoms with Crippen LogP contribution in [0.15, 0.2) is 59.7 Å². The van der Waals surface area contributed by atoms with Crippen LogP contribution in [0.2, 0.25) is 0 Å². The standard InChI is InChI=1S/C17H13FO4S/c1-23(20,21)14-8-4-11(5-9-14)15-10-22-17(19)16(15)12-2-6-13(18)7-3-12/h2-10,16H,1H3. The van der Waals surface area contributed by atoms with E-state index in [1.54, 1.807) is 12.1 Å². The highest BCUT2D eigenvalue weighted by Gasteiger charge is 2.32. The molecule has 0 fully saturated rings. The van der Waals surface area contributed by atoms with E-state index < -0.39 is 21.7 Å². The van der Waals surface area contributed by atoms with Gasteiger partial charge < -0.3 is 4.74 Å². The molecule has 0 N–H and O–H groups in total. The maximum absolute atomic E-state index is 13.1. The van der Waals surface area contributed by atoms with Crippen molar-refractivity contribution in [2.75, 3.05) is 6.26 Å². The second-order valence-electron chi connectivity index (χ2n) is 5.29. The summed E-state index contributed by atoms with van der Waals surface area (Å²) in [7, 11) is -3.28. The second kappa shape index (κ2) is 5.62. The van der Waals surface area contributed by atoms with Crippen LogP contribution in [0, 0.1) is 5.82 Å². The first kappa shape index (κ1) is 15.4. The zero-order valence-electron chi connectivity index (χ0n) is 12.2. The minimum atomic E-state index is -3.28. The van der Waals surface area contributed by atoms with Crippen LogP contribution in [0.5, 0.6) is 0 Å². The monoisotopic (exact) mass is 332 g/mol. The van der Waals surface area contributed by atoms with Gasteiger partial charge in [-0.15, -0.1) is 0 Å². The van der Waals surface area contributed by atoms with Crippen LogP contribution in [0.25, 0.3) is 5.57 Å². The van der Waals surface area contributed by atoms with Gasteiger partial charge >= 0.3 is 5.97 Å². The molecule has 0 aliphatic carbocycles. The number of sulfone groups is 1. The zero-order valence-corrected chi connectivity index (χ0v) is 13.0. The SMILES string of the molecule is CS(=O)(=O)c1ccc(C2=COC(=O)C2c2ccc(F)cc2)cc1. The zero-order chi connectivity index (χ0) is 16.6. The van der Waals surface area contributed by atoms with E-state index in [9.17, 15) is 17.6 Å². The van der Waals surface area contributed by atoms with E-state index in [4.69, 9.17) is 4.74 Å². The number of carbonyl (C=O) groups is 1. The Morgan fingerprint density at radius 1 is 1.00 bits per heavy atom. The summed E-state index contributed by atoms with van der Waals surface area (Å²) < 4.78 is 41.1. The van der Waals surface area contributed by atoms with E-state index in [1.165, 1.54) is 42.7 Å². The van der Waals surface area contributed by atoms with Crippen LogP contribution in [-0.2, 0) is 19.4 Å². The predicted molar refractivity (Wildman–Crippen MR) is 82.8 cm³/mol. The van der Waals surface area contributed by atoms with Crippen molar-refractivity contribution in [2.45, 2.75) is 10.8 Å². The Kier molecular flexibility index (Phi) is 3.77. The van der Waals surface area contributed by atoms with Crippen molar-refractivity contribution in [3.8, 4) is 0 Å². The summed E-state index contributed by atoms with van der Waals surface area (Å²) in [6, 6.07) is 11.8. The fourth-order valence-electron chi connectivity index (χ4n) is 2.48. The highest BCUT2D eigenvalue weighted by atomic mass is 32.2. The number of halogens is 1. The number of ether oxygens (including phenoxy) is 1. The first-order valence-electron chi connectivity index (χ1n) is 6.83. The number of benzene rings is 2. The van der Waals surface area contributed by atoms with Crippen molar-refractivity contribution >= 4 is 21.4 Å². The summed E-state index contributed by atoms with van der Waals surface area (Å²) in [5.74, 6) is -1.48. The summed E-state index contributed by atoms with van der Waals surface area (Å²) in [5, 5.41) is 0. The molecule has 1 aliphatic rings. The molecule has 0 saturated carbocycles. The molecular weight excluding hydrogens is 319 g/mol. The lowest BCUT2D eigenvalue weighted by atomic mass is 9.89. The smallest absolute Gasteiger partial charge is 0.322 e. The van der Waals surface area contributed by atoms with E-state index in [0.29, 0.717) is 16.7 Å². The summed E-state index contributed by atoms with van der Waals surface area (Å²) in [5.41, 5.74) is 1.91. The van der Waals surface area contributed by atoms with E-state index >= 15 is 0 Å². The molecule has 1 heterocycles. The van der Waals surface area contributed by atoms with Crippen molar-refractivity contribution in [1.29, 1.82) is 0 Å². The van der Waals surface area contributed by atoms with Crippen molar-refractivity contribution in [3.63, 3.8) is 0 Å². The summed E-state index contributed by atoms with van der Waals surface area (Å²) >= 11 is 0. The molecule has 4 nitrogen and oxygen atoms in total. The molecule has 1 atom stereocenters. The molecule has 23 heavy (non-hydrogen) atoms. The van der Waals surface area contributed by atoms with Crippen LogP contribution in [-0.4, -0.2) is 20.6 Å². The third-order valence-corrected chi connectivity index (χ3v) is 4.80. The van der Waals surface area contributed by atoms with Gasteiger partial charge in [-0.25, -0.2) is 12.8 Å². The fourth-order valence-corrected chi connectivity index (χ4v) is 3.12. The Bertz CT molecular complexity index is 881. The van der Waals surface area contributed by atoms with Crippen LogP contribution in [0.4, 0.5) is 4.39 Å². The molecule has 0 saturated heterocycles. The van der Waals surface area contributed by atoms with Gasteiger partial charge in [-0.3, -0.25) is 4.79 Å². The Morgan fingerprint density at radius 3 is 2.17 bits per heavy atom. The van der Waals surface area contributed by atoms with Gasteiger partial charge in [-0.2, -0.15) is 0 Å². The van der Waals surface area contributed by atoms with Gasteiger partial charge in [0.25, 0.3) is 0 Å². The van der Waals surface area contributed by atoms with Crippen LogP contribution < -0.4 is 0 Å². The second-order valence-corrected chi connectivity index (χ2v) is 7.31. The Hall–Kier alpha value is -2.47. The lowest BCUT2D eigenvalue weighted by Gasteiger charge is -2.12. The highest BCUT2D eigenvalue weighted by molar-refractivity contribution is 7.90. The molecule has 118 valence electrons. The first-order chi connectivity index (χ1) is 10.9. The maximum atomic E-state index is 13.1. The average Bonchev–Trinajstić information content (AvgIpc) is 2.89. The van der Waals surface area contributed by atoms with Crippen LogP contribution in [0.1, 0.15) is 17.0 Å². The number of hydrogen-bond donors (Lipinski definition) is 0. The van der Waals surface area contributed by atoms with Gasteiger partial charge in [0, 0.05) is 11.8 Å². The molecule has 0 aromatic heterocycles. The van der Waals surface area contributed by atoms with Crippen LogP contribution >= 0.6 is 0 Å². The minimum Gasteiger partial charge on any atom is -0.433 e. The Morgan fingerprint density at radius 2 is 1.61 bits per heavy atom. The third kappa shape index (κ3) is 3.03. The summed E-state index contributed by atoms with van der Waals surface area (Å²) in [6.45, 7) is 0. The quantitative estimate of drug-likeness (QED) is 0.811. The summed E-state index contributed by atoms with van der Waals surface area (Å²) in [6.07, 6.45) is 2.48. The van der Waals surface area contributed by atoms with Crippen molar-refractivity contribution in [3.05, 3.63) is 71.7 Å². The molecule has 6 heteroatoms. The summed E-state index contributed by atoms with van der Waals surface area (Å²) in [4.78, 5) is 12.2. The third-order valence-electron chi connectivity index (χ3n) is 3.67. The molecule has 3 rings (SSSR count). The van der Waals surface area contributed by atoms with Crippen molar-refractivity contribution in [1.82, 2.24) is 0 Å². The molecular formula is C17H13FO4S. The number of rotatable bonds is 3. The predicted octanol–water partition coefficient (Wildman–Crippen LogP) is 2.91. The maximum Gasteiger partial charge on any atom is 0.322 e. The molecule has 0 spiro atoms. The molecule has 2 aromatic rings. The minimum absolute atomic E-state index is 0.199. The van der Waals surface area contributed by atoms with E-state index in [-0.39, 0.29) is 10.7 Å². The van der Waals surface area contributed by atoms with E-state index in [2.05, 4.69) is 0 Å². The normalized spacial score (nSPS) is 17.7. The lowest BCUT2D eigenvalue weighted by Crippen LogP contribution is -2.09. The van der Waals surface area contributed by atoms with Gasteiger partial charge in [-0.1, -0.05) is 24.3 Å². The average molecular weight is 332 g/mol. The highest BCUT2D eigenvalue weighted by Crippen LogP contribution is 2.37. The fraction of sp³-hybridized carbons (Fsp3) is 0.118. The van der Waals surface area contributed by atoms with Crippen molar-refractivity contribution in [2.24, 2.45) is 0 Å². The van der Waals surface area contributed by atoms with Gasteiger partial charge in [0.1, 0.15) is 11.7 Å². The molecule has 0 bridgehead atoms. The number of esters is 1. The number of hydrogen-bond acceptors (Lipinski definition) is 4. The topological polar surface area (TPSA) is 60.4 Å².